The summed E-state index contributed by atoms with van der Waals surface area (Å²) in [6.45, 7) is 7.77. The number of nitrogens with zero attached hydrogens (tertiary/aromatic N) is 2. The first-order valence-electron chi connectivity index (χ1n) is 12.3. The fourth-order valence-corrected chi connectivity index (χ4v) is 5.17. The zero-order valence-corrected chi connectivity index (χ0v) is 22.7. The average Bonchev–Trinajstić information content (AvgIpc) is 3.16. The SMILES string of the molecule is CCN(CC)CCCN1C(=O)C(=O)/C(=C(\O)c2ccc3c(c2)OCCO3)C1c1cc(Br)c(O)c(OC)c1. The van der Waals surface area contributed by atoms with E-state index in [0.717, 1.165) is 19.6 Å². The van der Waals surface area contributed by atoms with E-state index in [4.69, 9.17) is 14.2 Å². The predicted molar refractivity (Wildman–Crippen MR) is 141 cm³/mol. The minimum Gasteiger partial charge on any atom is -0.507 e. The average molecular weight is 575 g/mol. The highest BCUT2D eigenvalue weighted by molar-refractivity contribution is 9.10. The van der Waals surface area contributed by atoms with Crippen molar-refractivity contribution in [2.45, 2.75) is 26.3 Å². The normalized spacial score (nSPS) is 18.5. The minimum atomic E-state index is -0.879. The fraction of sp³-hybridized carbons (Fsp3) is 0.407. The molecule has 10 heteroatoms. The number of phenols is 1. The van der Waals surface area contributed by atoms with Crippen molar-refractivity contribution >= 4 is 33.4 Å². The Morgan fingerprint density at radius 3 is 2.51 bits per heavy atom. The summed E-state index contributed by atoms with van der Waals surface area (Å²) in [4.78, 5) is 30.3. The predicted octanol–water partition coefficient (Wildman–Crippen LogP) is 4.09. The van der Waals surface area contributed by atoms with Gasteiger partial charge < -0.3 is 34.2 Å². The van der Waals surface area contributed by atoms with Crippen LogP contribution in [0.5, 0.6) is 23.0 Å². The van der Waals surface area contributed by atoms with Crippen LogP contribution in [0.25, 0.3) is 5.76 Å². The van der Waals surface area contributed by atoms with E-state index in [2.05, 4.69) is 34.7 Å². The molecule has 1 saturated heterocycles. The Morgan fingerprint density at radius 2 is 1.84 bits per heavy atom. The third kappa shape index (κ3) is 5.26. The molecule has 2 aromatic carbocycles. The van der Waals surface area contributed by atoms with Crippen LogP contribution >= 0.6 is 15.9 Å². The van der Waals surface area contributed by atoms with Gasteiger partial charge in [0, 0.05) is 12.1 Å². The second-order valence-electron chi connectivity index (χ2n) is 8.78. The summed E-state index contributed by atoms with van der Waals surface area (Å²) in [5.41, 5.74) is 0.812. The molecule has 1 fully saturated rings. The van der Waals surface area contributed by atoms with E-state index in [9.17, 15) is 19.8 Å². The molecule has 1 unspecified atom stereocenters. The summed E-state index contributed by atoms with van der Waals surface area (Å²) in [6.07, 6.45) is 0.644. The number of rotatable bonds is 9. The number of carbonyl (C=O) groups is 2. The van der Waals surface area contributed by atoms with Crippen molar-refractivity contribution in [3.63, 3.8) is 0 Å². The number of hydrogen-bond acceptors (Lipinski definition) is 8. The van der Waals surface area contributed by atoms with Gasteiger partial charge in [0.05, 0.1) is 23.2 Å². The molecule has 198 valence electrons. The number of aromatic hydroxyl groups is 1. The maximum absolute atomic E-state index is 13.4. The number of fused-ring (bicyclic) bond motifs is 1. The lowest BCUT2D eigenvalue weighted by molar-refractivity contribution is -0.140. The van der Waals surface area contributed by atoms with Crippen molar-refractivity contribution in [3.8, 4) is 23.0 Å². The third-order valence-electron chi connectivity index (χ3n) is 6.71. The fourth-order valence-electron chi connectivity index (χ4n) is 4.72. The Hall–Kier alpha value is -3.24. The van der Waals surface area contributed by atoms with Crippen molar-refractivity contribution in [1.82, 2.24) is 9.80 Å². The van der Waals surface area contributed by atoms with Crippen LogP contribution in [0.15, 0.2) is 40.4 Å². The van der Waals surface area contributed by atoms with Gasteiger partial charge in [-0.3, -0.25) is 9.59 Å². The molecular formula is C27H31BrN2O7. The topological polar surface area (TPSA) is 109 Å². The summed E-state index contributed by atoms with van der Waals surface area (Å²) < 4.78 is 16.9. The molecule has 1 amide bonds. The first kappa shape index (κ1) is 26.8. The van der Waals surface area contributed by atoms with Crippen LogP contribution in [0.2, 0.25) is 0 Å². The Morgan fingerprint density at radius 1 is 1.14 bits per heavy atom. The zero-order valence-electron chi connectivity index (χ0n) is 21.1. The number of likely N-dealkylation sites (tertiary alicyclic amines) is 1. The number of phenolic OH excluding ortho intramolecular Hbond substituents is 1. The smallest absolute Gasteiger partial charge is 0.295 e. The number of amides is 1. The Balaban J connectivity index is 1.80. The number of ether oxygens (including phenoxy) is 3. The zero-order chi connectivity index (χ0) is 26.7. The molecule has 0 radical (unpaired) electrons. The van der Waals surface area contributed by atoms with E-state index in [1.54, 1.807) is 30.3 Å². The lowest BCUT2D eigenvalue weighted by Gasteiger charge is -2.27. The molecule has 9 nitrogen and oxygen atoms in total. The van der Waals surface area contributed by atoms with E-state index in [0.29, 0.717) is 53.3 Å². The van der Waals surface area contributed by atoms with E-state index < -0.39 is 17.7 Å². The van der Waals surface area contributed by atoms with E-state index in [-0.39, 0.29) is 22.8 Å². The van der Waals surface area contributed by atoms with Gasteiger partial charge in [0.15, 0.2) is 23.0 Å². The van der Waals surface area contributed by atoms with Gasteiger partial charge in [0.2, 0.25) is 0 Å². The van der Waals surface area contributed by atoms with E-state index >= 15 is 0 Å². The van der Waals surface area contributed by atoms with Crippen LogP contribution < -0.4 is 14.2 Å². The first-order valence-corrected chi connectivity index (χ1v) is 13.1. The molecule has 0 aromatic heterocycles. The summed E-state index contributed by atoms with van der Waals surface area (Å²) in [6, 6.07) is 7.21. The van der Waals surface area contributed by atoms with Crippen LogP contribution in [0.3, 0.4) is 0 Å². The van der Waals surface area contributed by atoms with Crippen LogP contribution in [0.4, 0.5) is 0 Å². The molecule has 0 bridgehead atoms. The van der Waals surface area contributed by atoms with Crippen molar-refractivity contribution in [2.24, 2.45) is 0 Å². The van der Waals surface area contributed by atoms with Crippen LogP contribution in [0.1, 0.15) is 37.4 Å². The summed E-state index contributed by atoms with van der Waals surface area (Å²) in [7, 11) is 1.42. The molecule has 2 aliphatic heterocycles. The van der Waals surface area contributed by atoms with Gasteiger partial charge >= 0.3 is 0 Å². The van der Waals surface area contributed by atoms with Gasteiger partial charge in [-0.05, 0) is 77.9 Å². The number of hydrogen-bond donors (Lipinski definition) is 2. The van der Waals surface area contributed by atoms with Gasteiger partial charge in [0.1, 0.15) is 19.0 Å². The number of carbonyl (C=O) groups excluding carboxylic acids is 2. The number of ketones is 1. The second kappa shape index (κ2) is 11.4. The van der Waals surface area contributed by atoms with E-state index in [1.165, 1.54) is 12.0 Å². The molecule has 0 aliphatic carbocycles. The minimum absolute atomic E-state index is 0.0378. The highest BCUT2D eigenvalue weighted by Gasteiger charge is 2.46. The van der Waals surface area contributed by atoms with E-state index in [1.807, 2.05) is 0 Å². The number of aliphatic hydroxyl groups is 1. The monoisotopic (exact) mass is 574 g/mol. The van der Waals surface area contributed by atoms with Crippen LogP contribution in [-0.4, -0.2) is 78.2 Å². The van der Waals surface area contributed by atoms with Crippen LogP contribution in [0, 0.1) is 0 Å². The third-order valence-corrected chi connectivity index (χ3v) is 7.31. The molecule has 2 aliphatic rings. The molecule has 2 N–H and O–H groups in total. The molecule has 0 saturated carbocycles. The molecule has 2 aromatic rings. The lowest BCUT2D eigenvalue weighted by Crippen LogP contribution is -2.33. The summed E-state index contributed by atoms with van der Waals surface area (Å²) in [5, 5.41) is 21.7. The van der Waals surface area contributed by atoms with Gasteiger partial charge in [-0.25, -0.2) is 0 Å². The molecule has 2 heterocycles. The summed E-state index contributed by atoms with van der Waals surface area (Å²) in [5.74, 6) is -0.698. The number of Topliss-reactive ketones (excluding diaryl/α,β-unsaturated/α-hetero) is 1. The Kier molecular flexibility index (Phi) is 8.29. The van der Waals surface area contributed by atoms with Crippen molar-refractivity contribution in [3.05, 3.63) is 51.5 Å². The van der Waals surface area contributed by atoms with Gasteiger partial charge in [-0.2, -0.15) is 0 Å². The van der Waals surface area contributed by atoms with Gasteiger partial charge in [-0.1, -0.05) is 13.8 Å². The molecule has 0 spiro atoms. The number of benzene rings is 2. The quantitative estimate of drug-likeness (QED) is 0.262. The maximum atomic E-state index is 13.4. The molecule has 1 atom stereocenters. The highest BCUT2D eigenvalue weighted by atomic mass is 79.9. The Bertz CT molecular complexity index is 1230. The molecule has 37 heavy (non-hydrogen) atoms. The maximum Gasteiger partial charge on any atom is 0.295 e. The second-order valence-corrected chi connectivity index (χ2v) is 9.64. The van der Waals surface area contributed by atoms with Crippen molar-refractivity contribution < 1.29 is 34.0 Å². The lowest BCUT2D eigenvalue weighted by atomic mass is 9.94. The van der Waals surface area contributed by atoms with Crippen molar-refractivity contribution in [1.29, 1.82) is 0 Å². The molecule has 4 rings (SSSR count). The molecular weight excluding hydrogens is 544 g/mol. The van der Waals surface area contributed by atoms with Gasteiger partial charge in [0.25, 0.3) is 11.7 Å². The highest BCUT2D eigenvalue weighted by Crippen LogP contribution is 2.45. The van der Waals surface area contributed by atoms with Gasteiger partial charge in [-0.15, -0.1) is 0 Å². The number of halogens is 1. The Labute approximate surface area is 224 Å². The first-order chi connectivity index (χ1) is 17.8. The van der Waals surface area contributed by atoms with Crippen LogP contribution in [-0.2, 0) is 9.59 Å². The largest absolute Gasteiger partial charge is 0.507 e. The standard InChI is InChI=1S/C27H31BrN2O7/c1-4-29(5-2)9-6-10-30-23(17-13-18(28)25(32)21(15-17)35-3)22(26(33)27(30)34)24(31)16-7-8-19-20(14-16)37-12-11-36-19/h7-8,13-15,23,31-32H,4-6,9-12H2,1-3H3/b24-22-. The number of methoxy groups -OCH3 is 1. The van der Waals surface area contributed by atoms with Crippen molar-refractivity contribution in [2.75, 3.05) is 46.5 Å². The number of aliphatic hydroxyl groups excluding tert-OH is 1. The summed E-state index contributed by atoms with van der Waals surface area (Å²) >= 11 is 3.33.